The summed E-state index contributed by atoms with van der Waals surface area (Å²) in [5, 5.41) is 9.37. The fourth-order valence-corrected chi connectivity index (χ4v) is 2.83. The molecule has 0 radical (unpaired) electrons. The van der Waals surface area contributed by atoms with Crippen molar-refractivity contribution < 1.29 is 22.4 Å². The highest BCUT2D eigenvalue weighted by atomic mass is 32.2. The van der Waals surface area contributed by atoms with Crippen LogP contribution in [0.15, 0.2) is 58.4 Å². The third-order valence-electron chi connectivity index (χ3n) is 3.45. The molecule has 1 atom stereocenters. The lowest BCUT2D eigenvalue weighted by atomic mass is 10.1. The predicted molar refractivity (Wildman–Crippen MR) is 92.9 cm³/mol. The molecule has 27 heavy (non-hydrogen) atoms. The molecule has 10 heteroatoms. The summed E-state index contributed by atoms with van der Waals surface area (Å²) in [6, 6.07) is 8.23. The van der Waals surface area contributed by atoms with Gasteiger partial charge in [-0.3, -0.25) is 9.78 Å². The van der Waals surface area contributed by atoms with Crippen LogP contribution in [0.1, 0.15) is 12.5 Å². The molecule has 0 spiro atoms. The van der Waals surface area contributed by atoms with Crippen molar-refractivity contribution in [2.75, 3.05) is 5.32 Å². The topological polar surface area (TPSA) is 80.9 Å². The smallest absolute Gasteiger partial charge is 0.411 e. The van der Waals surface area contributed by atoms with Gasteiger partial charge in [0.2, 0.25) is 11.8 Å². The quantitative estimate of drug-likeness (QED) is 0.651. The molecule has 6 nitrogen and oxygen atoms in total. The number of alkyl halides is 3. The lowest BCUT2D eigenvalue weighted by Gasteiger charge is -2.15. The van der Waals surface area contributed by atoms with Gasteiger partial charge in [0.25, 0.3) is 5.22 Å². The van der Waals surface area contributed by atoms with Crippen LogP contribution in [0.2, 0.25) is 0 Å². The standard InChI is InChI=1S/C17H13F3N4O2S/c1-10(14(25)22-13-7-3-2-6-12(13)17(18,19)20)27-16-24-23-15(26-16)11-5-4-8-21-9-11/h2-10H,1H3,(H,22,25)/t10-/m1/s1. The SMILES string of the molecule is C[C@@H](Sc1nnc(-c2cccnc2)o1)C(=O)Nc1ccccc1C(F)(F)F. The van der Waals surface area contributed by atoms with Gasteiger partial charge < -0.3 is 9.73 Å². The van der Waals surface area contributed by atoms with Gasteiger partial charge in [0.1, 0.15) is 0 Å². The summed E-state index contributed by atoms with van der Waals surface area (Å²) in [7, 11) is 0. The minimum absolute atomic E-state index is 0.126. The number of nitrogens with one attached hydrogen (secondary N) is 1. The Bertz CT molecular complexity index is 931. The third kappa shape index (κ3) is 4.64. The molecule has 1 aromatic carbocycles. The maximum absolute atomic E-state index is 13.0. The van der Waals surface area contributed by atoms with Gasteiger partial charge in [-0.05, 0) is 31.2 Å². The molecule has 3 rings (SSSR count). The second-order valence-electron chi connectivity index (χ2n) is 5.41. The van der Waals surface area contributed by atoms with Crippen LogP contribution in [-0.2, 0) is 11.0 Å². The first-order chi connectivity index (χ1) is 12.8. The fraction of sp³-hybridized carbons (Fsp3) is 0.176. The van der Waals surface area contributed by atoms with Crippen molar-refractivity contribution in [1.82, 2.24) is 15.2 Å². The minimum Gasteiger partial charge on any atom is -0.411 e. The first-order valence-electron chi connectivity index (χ1n) is 7.72. The number of carbonyl (C=O) groups is 1. The zero-order valence-electron chi connectivity index (χ0n) is 13.9. The summed E-state index contributed by atoms with van der Waals surface area (Å²) in [4.78, 5) is 16.2. The van der Waals surface area contributed by atoms with Gasteiger partial charge in [-0.1, -0.05) is 23.9 Å². The van der Waals surface area contributed by atoms with E-state index in [2.05, 4.69) is 20.5 Å². The number of aromatic nitrogens is 3. The number of halogens is 3. The van der Waals surface area contributed by atoms with Crippen molar-refractivity contribution in [3.8, 4) is 11.5 Å². The Balaban J connectivity index is 1.68. The van der Waals surface area contributed by atoms with Crippen LogP contribution in [0.5, 0.6) is 0 Å². The highest BCUT2D eigenvalue weighted by Gasteiger charge is 2.34. The molecule has 2 heterocycles. The van der Waals surface area contributed by atoms with Gasteiger partial charge in [-0.15, -0.1) is 10.2 Å². The van der Waals surface area contributed by atoms with Crippen molar-refractivity contribution >= 4 is 23.4 Å². The Morgan fingerprint density at radius 2 is 1.96 bits per heavy atom. The normalized spacial score (nSPS) is 12.6. The van der Waals surface area contributed by atoms with Crippen molar-refractivity contribution in [3.63, 3.8) is 0 Å². The molecule has 0 aliphatic heterocycles. The highest BCUT2D eigenvalue weighted by Crippen LogP contribution is 2.35. The molecule has 0 aliphatic carbocycles. The minimum atomic E-state index is -4.56. The third-order valence-corrected chi connectivity index (χ3v) is 4.39. The Morgan fingerprint density at radius 3 is 2.67 bits per heavy atom. The van der Waals surface area contributed by atoms with E-state index in [1.165, 1.54) is 25.1 Å². The van der Waals surface area contributed by atoms with E-state index in [1.807, 2.05) is 0 Å². The lowest BCUT2D eigenvalue weighted by Crippen LogP contribution is -2.24. The van der Waals surface area contributed by atoms with Gasteiger partial charge in [0.05, 0.1) is 22.1 Å². The fourth-order valence-electron chi connectivity index (χ4n) is 2.14. The van der Waals surface area contributed by atoms with E-state index < -0.39 is 22.9 Å². The molecule has 0 saturated carbocycles. The van der Waals surface area contributed by atoms with Crippen molar-refractivity contribution in [3.05, 3.63) is 54.4 Å². The van der Waals surface area contributed by atoms with Gasteiger partial charge >= 0.3 is 6.18 Å². The molecule has 0 bridgehead atoms. The Labute approximate surface area is 156 Å². The number of hydrogen-bond acceptors (Lipinski definition) is 6. The average Bonchev–Trinajstić information content (AvgIpc) is 3.10. The van der Waals surface area contributed by atoms with Crippen LogP contribution in [0.3, 0.4) is 0 Å². The highest BCUT2D eigenvalue weighted by molar-refractivity contribution is 8.00. The molecule has 1 amide bonds. The molecular weight excluding hydrogens is 381 g/mol. The second kappa shape index (κ2) is 7.78. The summed E-state index contributed by atoms with van der Waals surface area (Å²) in [6.07, 6.45) is -1.42. The van der Waals surface area contributed by atoms with E-state index in [0.29, 0.717) is 5.56 Å². The molecule has 1 N–H and O–H groups in total. The van der Waals surface area contributed by atoms with Gasteiger partial charge in [0, 0.05) is 12.4 Å². The van der Waals surface area contributed by atoms with Gasteiger partial charge in [-0.25, -0.2) is 0 Å². The average molecular weight is 394 g/mol. The predicted octanol–water partition coefficient (Wildman–Crippen LogP) is 4.27. The first-order valence-corrected chi connectivity index (χ1v) is 8.60. The van der Waals surface area contributed by atoms with Gasteiger partial charge in [-0.2, -0.15) is 13.2 Å². The molecule has 0 unspecified atom stereocenters. The maximum atomic E-state index is 13.0. The van der Waals surface area contributed by atoms with Crippen LogP contribution in [0.4, 0.5) is 18.9 Å². The molecule has 140 valence electrons. The maximum Gasteiger partial charge on any atom is 0.418 e. The monoisotopic (exact) mass is 394 g/mol. The summed E-state index contributed by atoms with van der Waals surface area (Å²) in [6.45, 7) is 1.53. The molecule has 0 saturated heterocycles. The molecule has 2 aromatic heterocycles. The summed E-state index contributed by atoms with van der Waals surface area (Å²) in [5.74, 6) is -0.376. The number of rotatable bonds is 5. The number of carbonyl (C=O) groups excluding carboxylic acids is 1. The number of thioether (sulfide) groups is 1. The Morgan fingerprint density at radius 1 is 1.19 bits per heavy atom. The zero-order chi connectivity index (χ0) is 19.4. The van der Waals surface area contributed by atoms with Crippen molar-refractivity contribution in [2.45, 2.75) is 23.6 Å². The van der Waals surface area contributed by atoms with Crippen LogP contribution in [0, 0.1) is 0 Å². The van der Waals surface area contributed by atoms with Crippen LogP contribution in [0.25, 0.3) is 11.5 Å². The molecule has 0 fully saturated rings. The zero-order valence-corrected chi connectivity index (χ0v) is 14.7. The number of anilines is 1. The van der Waals surface area contributed by atoms with Crippen LogP contribution in [-0.4, -0.2) is 26.3 Å². The van der Waals surface area contributed by atoms with Crippen molar-refractivity contribution in [1.29, 1.82) is 0 Å². The van der Waals surface area contributed by atoms with Crippen LogP contribution < -0.4 is 5.32 Å². The van der Waals surface area contributed by atoms with E-state index in [4.69, 9.17) is 4.42 Å². The number of nitrogens with zero attached hydrogens (tertiary/aromatic N) is 3. The van der Waals surface area contributed by atoms with E-state index in [9.17, 15) is 18.0 Å². The molecule has 0 aliphatic rings. The van der Waals surface area contributed by atoms with E-state index in [1.54, 1.807) is 24.5 Å². The lowest BCUT2D eigenvalue weighted by molar-refractivity contribution is -0.137. The second-order valence-corrected chi connectivity index (χ2v) is 6.70. The Hall–Kier alpha value is -2.88. The Kier molecular flexibility index (Phi) is 5.45. The number of para-hydroxylation sites is 1. The van der Waals surface area contributed by atoms with E-state index in [-0.39, 0.29) is 16.8 Å². The molecule has 3 aromatic rings. The molecular formula is C17H13F3N4O2S. The summed E-state index contributed by atoms with van der Waals surface area (Å²) in [5.41, 5.74) is -0.593. The number of benzene rings is 1. The van der Waals surface area contributed by atoms with Gasteiger partial charge in [0.15, 0.2) is 0 Å². The van der Waals surface area contributed by atoms with Crippen LogP contribution >= 0.6 is 11.8 Å². The largest absolute Gasteiger partial charge is 0.418 e. The summed E-state index contributed by atoms with van der Waals surface area (Å²) >= 11 is 0.946. The first kappa shape index (κ1) is 18.9. The summed E-state index contributed by atoms with van der Waals surface area (Å²) < 4.78 is 44.5. The number of amides is 1. The number of pyridine rings is 1. The number of hydrogen-bond donors (Lipinski definition) is 1. The van der Waals surface area contributed by atoms with E-state index in [0.717, 1.165) is 17.8 Å². The van der Waals surface area contributed by atoms with E-state index >= 15 is 0 Å². The van der Waals surface area contributed by atoms with Crippen molar-refractivity contribution in [2.24, 2.45) is 0 Å².